The minimum absolute atomic E-state index is 0.000266. The first kappa shape index (κ1) is 107. The van der Waals surface area contributed by atoms with Crippen LogP contribution in [0.3, 0.4) is 0 Å². The highest BCUT2D eigenvalue weighted by Gasteiger charge is 2.53. The van der Waals surface area contributed by atoms with E-state index in [4.69, 9.17) is 99.6 Å². The van der Waals surface area contributed by atoms with Crippen molar-refractivity contribution in [2.75, 3.05) is 21.3 Å². The van der Waals surface area contributed by atoms with Crippen molar-refractivity contribution in [2.45, 2.75) is 314 Å². The largest absolute Gasteiger partial charge is 0.496 e. The van der Waals surface area contributed by atoms with E-state index in [9.17, 15) is 38.4 Å². The van der Waals surface area contributed by atoms with Crippen LogP contribution in [0.2, 0.25) is 15.1 Å². The number of aliphatic hydroxyl groups is 2. The SMILES string of the molecule is CC(=O)/C=C/B1OC(C)(C)C(C)(C)O1.CC(=O)/C=C/c1ccc(Cl)c(NC(=O)OC(C)(C)C)c1.CC(=O)CCc1ccc(B2OC(C)(C)C(C)(C)O2)c(NC(=O)OC(C)(C)C)c1.CC(=O)CCc1ccc(Cl)c(NC(=O)OC(C)(C)C)c1.CC(C)(C)OC(=O)Nc1cc(Br)ccc1Cl.CC(C)(O)C(C)(C)O.[B]B1OC(C)(C)C(C)(C)O1. The number of ketones is 4. The van der Waals surface area contributed by atoms with Crippen LogP contribution in [0.1, 0.15) is 251 Å². The van der Waals surface area contributed by atoms with Crippen molar-refractivity contribution < 1.29 is 95.4 Å². The molecule has 3 fully saturated rings. The lowest BCUT2D eigenvalue weighted by molar-refractivity contribution is -0.117. The van der Waals surface area contributed by atoms with Gasteiger partial charge in [0.1, 0.15) is 41.7 Å². The van der Waals surface area contributed by atoms with E-state index < -0.39 is 90.4 Å². The summed E-state index contributed by atoms with van der Waals surface area (Å²) in [6.45, 7) is 57.7. The van der Waals surface area contributed by atoms with Gasteiger partial charge in [0.25, 0.3) is 0 Å². The Labute approximate surface area is 715 Å². The summed E-state index contributed by atoms with van der Waals surface area (Å²) in [5, 5.41) is 30.1. The third-order valence-electron chi connectivity index (χ3n) is 17.7. The Morgan fingerprint density at radius 1 is 0.431 bits per heavy atom. The Morgan fingerprint density at radius 2 is 0.733 bits per heavy atom. The van der Waals surface area contributed by atoms with Crippen molar-refractivity contribution in [3.05, 3.63) is 127 Å². The van der Waals surface area contributed by atoms with E-state index in [2.05, 4.69) is 37.2 Å². The predicted molar refractivity (Wildman–Crippen MR) is 472 cm³/mol. The summed E-state index contributed by atoms with van der Waals surface area (Å²) < 4.78 is 55.9. The molecule has 3 aliphatic rings. The van der Waals surface area contributed by atoms with Gasteiger partial charge in [-0.1, -0.05) is 87.0 Å². The van der Waals surface area contributed by atoms with Crippen LogP contribution < -0.4 is 26.7 Å². The summed E-state index contributed by atoms with van der Waals surface area (Å²) >= 11 is 21.3. The highest BCUT2D eigenvalue weighted by molar-refractivity contribution is 9.10. The lowest BCUT2D eigenvalue weighted by Gasteiger charge is -2.32. The lowest BCUT2D eigenvalue weighted by atomic mass is 9.63. The highest BCUT2D eigenvalue weighted by atomic mass is 79.9. The zero-order valence-electron chi connectivity index (χ0n) is 74.1. The topological polar surface area (TPSA) is 317 Å². The van der Waals surface area contributed by atoms with Gasteiger partial charge in [-0.15, -0.1) is 0 Å². The van der Waals surface area contributed by atoms with Gasteiger partial charge in [0.15, 0.2) is 11.6 Å². The number of Topliss-reactive ketones (excluding diaryl/α,β-unsaturated/α-hetero) is 2. The number of anilines is 4. The quantitative estimate of drug-likeness (QED) is 0.0345. The first-order valence-electron chi connectivity index (χ1n) is 38.0. The number of benzene rings is 4. The number of halogens is 4. The summed E-state index contributed by atoms with van der Waals surface area (Å²) in [6.07, 6.45) is 4.51. The number of aryl methyl sites for hydroxylation is 2. The number of ether oxygens (including phenoxy) is 4. The van der Waals surface area contributed by atoms with Crippen molar-refractivity contribution in [1.29, 1.82) is 0 Å². The molecule has 3 aliphatic heterocycles. The second-order valence-electron chi connectivity index (χ2n) is 35.9. The van der Waals surface area contributed by atoms with Crippen LogP contribution in [0.25, 0.3) is 6.08 Å². The molecule has 3 saturated heterocycles. The fourth-order valence-electron chi connectivity index (χ4n) is 8.78. The molecular formula is C84H126B4BrCl3N4O20. The van der Waals surface area contributed by atoms with Gasteiger partial charge in [-0.25, -0.2) is 19.2 Å². The van der Waals surface area contributed by atoms with Gasteiger partial charge in [0.05, 0.1) is 76.9 Å². The van der Waals surface area contributed by atoms with Crippen LogP contribution in [0.5, 0.6) is 0 Å². The zero-order chi connectivity index (χ0) is 90.3. The molecule has 0 saturated carbocycles. The Bertz CT molecular complexity index is 3990. The molecule has 0 spiro atoms. The number of carbonyl (C=O) groups excluding carboxylic acids is 8. The first-order chi connectivity index (χ1) is 52.2. The fourth-order valence-corrected chi connectivity index (χ4v) is 9.64. The standard InChI is InChI=1S/C21H32BNO5.C15H20ClNO3.C15H18ClNO3.C11H13BrClNO2.C10H17BO3.C6H12B2O2.C6H14O2/c1-14(24)9-10-15-11-12-16(22-27-20(5,6)21(7,8)28-22)17(13-15)23-18(25)26-19(2,3)4;2*1-10(18)5-6-11-7-8-12(16)13(9-11)17-14(19)20-15(2,3)4;1-11(2,3)16-10(15)14-9-6-7(12)4-5-8(9)13;1-8(12)6-7-11-13-9(2,3)10(4,5)14-11;1-5(2)6(3,4)10-8(7)9-5;1-5(2,7)6(3,4)8/h11-13H,9-10H2,1-8H3,(H,23,25);7-9H,5-6H2,1-4H3,(H,17,19);5-9H,1-4H3,(H,17,19);4-6H,1-3H3,(H,14,15);6-7H,1-5H3;1-4H3;7-8H,1-4H3/b;;6-5+;;7-6+;;. The van der Waals surface area contributed by atoms with Gasteiger partial charge >= 0.3 is 45.6 Å². The summed E-state index contributed by atoms with van der Waals surface area (Å²) in [5.74, 6) is 1.85. The smallest absolute Gasteiger partial charge is 0.444 e. The molecule has 0 aromatic heterocycles. The number of hydrogen-bond acceptors (Lipinski definition) is 20. The molecule has 6 N–H and O–H groups in total. The fraction of sp³-hybridized carbons (Fsp3) is 0.571. The van der Waals surface area contributed by atoms with Crippen LogP contribution in [0.15, 0.2) is 95.4 Å². The third-order valence-corrected chi connectivity index (χ3v) is 19.2. The summed E-state index contributed by atoms with van der Waals surface area (Å²) in [5.41, 5.74) is -1.15. The van der Waals surface area contributed by atoms with Crippen LogP contribution in [-0.2, 0) is 78.9 Å². The lowest BCUT2D eigenvalue weighted by Crippen LogP contribution is -2.44. The molecule has 4 amide bonds. The van der Waals surface area contributed by atoms with E-state index in [-0.39, 0.29) is 45.5 Å². The van der Waals surface area contributed by atoms with Gasteiger partial charge in [-0.2, -0.15) is 0 Å². The highest BCUT2D eigenvalue weighted by Crippen LogP contribution is 2.40. The molecule has 4 aromatic carbocycles. The van der Waals surface area contributed by atoms with Crippen LogP contribution in [-0.4, -0.2) is 154 Å². The molecular weight excluding hydrogens is 1610 g/mol. The average molecular weight is 1740 g/mol. The molecule has 0 bridgehead atoms. The third kappa shape index (κ3) is 41.4. The second-order valence-corrected chi connectivity index (χ2v) is 38.0. The van der Waals surface area contributed by atoms with Gasteiger partial charge in [0.2, 0.25) is 0 Å². The van der Waals surface area contributed by atoms with Crippen LogP contribution in [0, 0.1) is 0 Å². The van der Waals surface area contributed by atoms with E-state index >= 15 is 0 Å². The van der Waals surface area contributed by atoms with Crippen molar-refractivity contribution >= 4 is 162 Å². The number of hydrogen-bond donors (Lipinski definition) is 6. The van der Waals surface area contributed by atoms with E-state index in [1.165, 1.54) is 26.0 Å². The molecule has 4 aromatic rings. The molecule has 0 unspecified atom stereocenters. The van der Waals surface area contributed by atoms with Crippen molar-refractivity contribution in [3.63, 3.8) is 0 Å². The average Bonchev–Trinajstić information content (AvgIpc) is 1.62. The molecule has 116 heavy (non-hydrogen) atoms. The van der Waals surface area contributed by atoms with E-state index in [1.807, 2.05) is 128 Å². The summed E-state index contributed by atoms with van der Waals surface area (Å²) in [4.78, 5) is 91.2. The van der Waals surface area contributed by atoms with Crippen LogP contribution >= 0.6 is 50.7 Å². The number of amides is 4. The monoisotopic (exact) mass is 1740 g/mol. The maximum Gasteiger partial charge on any atom is 0.496 e. The predicted octanol–water partition coefficient (Wildman–Crippen LogP) is 19.8. The summed E-state index contributed by atoms with van der Waals surface area (Å²) in [6, 6.07) is 21.2. The molecule has 0 aliphatic carbocycles. The van der Waals surface area contributed by atoms with E-state index in [0.29, 0.717) is 63.5 Å². The second kappa shape index (κ2) is 44.1. The number of rotatable bonds is 16. The van der Waals surface area contributed by atoms with Gasteiger partial charge < -0.3 is 66.7 Å². The summed E-state index contributed by atoms with van der Waals surface area (Å²) in [7, 11) is 3.85. The van der Waals surface area contributed by atoms with Gasteiger partial charge in [-0.05, 0) is 312 Å². The minimum atomic E-state index is -1.01. The maximum absolute atomic E-state index is 12.4. The Kier molecular flexibility index (Phi) is 40.8. The van der Waals surface area contributed by atoms with Crippen molar-refractivity contribution in [2.24, 2.45) is 0 Å². The van der Waals surface area contributed by atoms with Gasteiger partial charge in [-0.3, -0.25) is 30.9 Å². The minimum Gasteiger partial charge on any atom is -0.444 e. The number of allylic oxidation sites excluding steroid dienone is 2. The van der Waals surface area contributed by atoms with Crippen molar-refractivity contribution in [1.82, 2.24) is 0 Å². The van der Waals surface area contributed by atoms with Crippen molar-refractivity contribution in [3.8, 4) is 0 Å². The molecule has 642 valence electrons. The van der Waals surface area contributed by atoms with Gasteiger partial charge in [0, 0.05) is 28.5 Å². The maximum atomic E-state index is 12.4. The Morgan fingerprint density at radius 3 is 1.06 bits per heavy atom. The van der Waals surface area contributed by atoms with Crippen LogP contribution in [0.4, 0.5) is 41.9 Å². The molecule has 0 atom stereocenters. The molecule has 32 heteroatoms. The first-order valence-corrected chi connectivity index (χ1v) is 39.9. The zero-order valence-corrected chi connectivity index (χ0v) is 78.0. The molecule has 24 nitrogen and oxygen atoms in total. The molecule has 7 rings (SSSR count). The van der Waals surface area contributed by atoms with E-state index in [1.54, 1.807) is 164 Å². The number of carbonyl (C=O) groups is 8. The normalized spacial score (nSPS) is 16.2. The Hall–Kier alpha value is -6.59. The molecule has 2 radical (unpaired) electrons. The Balaban J connectivity index is 0.000000698. The number of nitrogens with one attached hydrogen (secondary N) is 4. The molecule has 3 heterocycles. The van der Waals surface area contributed by atoms with E-state index in [0.717, 1.165) is 26.6 Å².